The van der Waals surface area contributed by atoms with Crippen LogP contribution in [0, 0.1) is 11.3 Å². The van der Waals surface area contributed by atoms with Crippen molar-refractivity contribution in [2.75, 3.05) is 11.3 Å². The molecule has 2 aromatic heterocycles. The van der Waals surface area contributed by atoms with Crippen molar-refractivity contribution >= 4 is 26.7 Å². The van der Waals surface area contributed by atoms with E-state index in [9.17, 15) is 13.7 Å². The lowest BCUT2D eigenvalue weighted by Crippen LogP contribution is -2.13. The Morgan fingerprint density at radius 2 is 2.11 bits per heavy atom. The van der Waals surface area contributed by atoms with Gasteiger partial charge in [0.05, 0.1) is 17.1 Å². The van der Waals surface area contributed by atoms with E-state index in [0.717, 1.165) is 11.5 Å². The first-order chi connectivity index (χ1) is 13.0. The highest BCUT2D eigenvalue weighted by Gasteiger charge is 2.19. The fourth-order valence-electron chi connectivity index (χ4n) is 2.06. The fraction of sp³-hybridized carbons (Fsp3) is 0.125. The predicted octanol–water partition coefficient (Wildman–Crippen LogP) is 2.80. The third kappa shape index (κ3) is 4.30. The summed E-state index contributed by atoms with van der Waals surface area (Å²) in [6.07, 6.45) is 2.79. The van der Waals surface area contributed by atoms with E-state index in [1.165, 1.54) is 24.5 Å². The van der Waals surface area contributed by atoms with Crippen LogP contribution >= 0.6 is 11.5 Å². The van der Waals surface area contributed by atoms with Crippen molar-refractivity contribution in [2.24, 2.45) is 0 Å². The smallest absolute Gasteiger partial charge is 0.263 e. The molecule has 11 heteroatoms. The van der Waals surface area contributed by atoms with Crippen LogP contribution in [0.4, 0.5) is 5.13 Å². The first kappa shape index (κ1) is 18.6. The average Bonchev–Trinajstić information content (AvgIpc) is 3.16. The molecule has 3 aromatic rings. The second-order valence-electron chi connectivity index (χ2n) is 4.96. The fourth-order valence-corrected chi connectivity index (χ4v) is 3.75. The van der Waals surface area contributed by atoms with Gasteiger partial charge in [-0.25, -0.2) is 18.4 Å². The molecular formula is C16H13N5O4S2. The number of hydrogen-bond acceptors (Lipinski definition) is 9. The number of pyridine rings is 1. The second-order valence-corrected chi connectivity index (χ2v) is 7.43. The van der Waals surface area contributed by atoms with E-state index in [0.29, 0.717) is 12.4 Å². The maximum atomic E-state index is 12.4. The summed E-state index contributed by atoms with van der Waals surface area (Å²) in [5, 5.41) is 9.53. The van der Waals surface area contributed by atoms with Gasteiger partial charge in [-0.1, -0.05) is 0 Å². The van der Waals surface area contributed by atoms with E-state index in [1.807, 2.05) is 13.0 Å². The molecule has 0 saturated heterocycles. The number of sulfonamides is 1. The van der Waals surface area contributed by atoms with Crippen LogP contribution in [-0.2, 0) is 10.0 Å². The lowest BCUT2D eigenvalue weighted by Gasteiger charge is -2.12. The molecule has 1 aromatic carbocycles. The number of nitrogens with one attached hydrogen (secondary N) is 1. The minimum absolute atomic E-state index is 0.0430. The molecule has 0 unspecified atom stereocenters. The van der Waals surface area contributed by atoms with E-state index in [-0.39, 0.29) is 27.2 Å². The molecule has 27 heavy (non-hydrogen) atoms. The van der Waals surface area contributed by atoms with Gasteiger partial charge in [-0.3, -0.25) is 4.72 Å². The summed E-state index contributed by atoms with van der Waals surface area (Å²) >= 11 is 0.904. The lowest BCUT2D eigenvalue weighted by molar-refractivity contribution is 0.308. The van der Waals surface area contributed by atoms with Gasteiger partial charge in [0.25, 0.3) is 15.9 Å². The van der Waals surface area contributed by atoms with Crippen LogP contribution in [0.25, 0.3) is 0 Å². The molecule has 0 saturated carbocycles. The summed E-state index contributed by atoms with van der Waals surface area (Å²) < 4.78 is 42.0. The quantitative estimate of drug-likeness (QED) is 0.638. The minimum atomic E-state index is -3.91. The number of benzene rings is 1. The molecule has 1 N–H and O–H groups in total. The Hall–Kier alpha value is -3.23. The van der Waals surface area contributed by atoms with Crippen LogP contribution in [0.15, 0.2) is 47.8 Å². The Kier molecular flexibility index (Phi) is 5.49. The van der Waals surface area contributed by atoms with E-state index in [2.05, 4.69) is 19.1 Å². The largest absolute Gasteiger partial charge is 0.475 e. The van der Waals surface area contributed by atoms with Crippen molar-refractivity contribution < 1.29 is 17.9 Å². The van der Waals surface area contributed by atoms with Gasteiger partial charge < -0.3 is 9.47 Å². The van der Waals surface area contributed by atoms with Crippen molar-refractivity contribution in [1.29, 1.82) is 5.26 Å². The van der Waals surface area contributed by atoms with Crippen LogP contribution in [0.2, 0.25) is 0 Å². The van der Waals surface area contributed by atoms with Crippen molar-refractivity contribution in [3.63, 3.8) is 0 Å². The Morgan fingerprint density at radius 3 is 2.81 bits per heavy atom. The zero-order chi connectivity index (χ0) is 19.3. The molecule has 0 fully saturated rings. The molecular weight excluding hydrogens is 390 g/mol. The Bertz CT molecular complexity index is 1080. The van der Waals surface area contributed by atoms with Gasteiger partial charge in [0.1, 0.15) is 18.1 Å². The zero-order valence-corrected chi connectivity index (χ0v) is 15.6. The lowest BCUT2D eigenvalue weighted by atomic mass is 10.2. The van der Waals surface area contributed by atoms with Gasteiger partial charge in [-0.2, -0.15) is 9.64 Å². The summed E-state index contributed by atoms with van der Waals surface area (Å²) in [6.45, 7) is 2.21. The molecule has 0 aliphatic rings. The summed E-state index contributed by atoms with van der Waals surface area (Å²) in [6, 6.07) is 9.18. The molecule has 0 aliphatic carbocycles. The van der Waals surface area contributed by atoms with Gasteiger partial charge in [0, 0.05) is 17.7 Å². The number of nitrogens with zero attached hydrogens (tertiary/aromatic N) is 4. The van der Waals surface area contributed by atoms with Crippen LogP contribution < -0.4 is 14.2 Å². The number of ether oxygens (including phenoxy) is 2. The molecule has 0 aliphatic heterocycles. The summed E-state index contributed by atoms with van der Waals surface area (Å²) in [5.74, 6) is 0.776. The van der Waals surface area contributed by atoms with Gasteiger partial charge in [-0.05, 0) is 37.3 Å². The van der Waals surface area contributed by atoms with Crippen LogP contribution in [0.3, 0.4) is 0 Å². The monoisotopic (exact) mass is 403 g/mol. The van der Waals surface area contributed by atoms with Crippen molar-refractivity contribution in [1.82, 2.24) is 14.3 Å². The predicted molar refractivity (Wildman–Crippen MR) is 97.4 cm³/mol. The Labute approximate surface area is 159 Å². The van der Waals surface area contributed by atoms with Gasteiger partial charge in [-0.15, -0.1) is 0 Å². The number of hydrogen-bond donors (Lipinski definition) is 1. The minimum Gasteiger partial charge on any atom is -0.475 e. The summed E-state index contributed by atoms with van der Waals surface area (Å²) in [7, 11) is -3.91. The first-order valence-electron chi connectivity index (χ1n) is 7.63. The standard InChI is InChI=1S/C16H13N5O4S2/c1-2-24-15-14(4-3-7-18-15)25-13-6-5-12(8-11(13)9-17)27(22,23)21-16-19-10-20-26-16/h3-8,10H,2H2,1H3,(H,19,20,21). The molecule has 0 radical (unpaired) electrons. The topological polar surface area (TPSA) is 127 Å². The van der Waals surface area contributed by atoms with E-state index < -0.39 is 10.0 Å². The van der Waals surface area contributed by atoms with E-state index >= 15 is 0 Å². The molecule has 0 amide bonds. The van der Waals surface area contributed by atoms with Crippen molar-refractivity contribution in [3.8, 4) is 23.4 Å². The average molecular weight is 403 g/mol. The number of rotatable bonds is 7. The molecule has 0 spiro atoms. The van der Waals surface area contributed by atoms with Crippen molar-refractivity contribution in [2.45, 2.75) is 11.8 Å². The highest BCUT2D eigenvalue weighted by Crippen LogP contribution is 2.32. The number of anilines is 1. The van der Waals surface area contributed by atoms with Crippen molar-refractivity contribution in [3.05, 3.63) is 48.4 Å². The highest BCUT2D eigenvalue weighted by atomic mass is 32.2. The zero-order valence-electron chi connectivity index (χ0n) is 14.0. The maximum absolute atomic E-state index is 12.4. The number of nitriles is 1. The SMILES string of the molecule is CCOc1ncccc1Oc1ccc(S(=O)(=O)Nc2ncns2)cc1C#N. The second kappa shape index (κ2) is 7.98. The first-order valence-corrected chi connectivity index (χ1v) is 9.88. The van der Waals surface area contributed by atoms with Gasteiger partial charge in [0.2, 0.25) is 5.13 Å². The van der Waals surface area contributed by atoms with Crippen LogP contribution in [0.1, 0.15) is 12.5 Å². The highest BCUT2D eigenvalue weighted by molar-refractivity contribution is 7.93. The molecule has 9 nitrogen and oxygen atoms in total. The molecule has 3 rings (SSSR count). The van der Waals surface area contributed by atoms with E-state index in [4.69, 9.17) is 9.47 Å². The van der Waals surface area contributed by atoms with Gasteiger partial charge in [0.15, 0.2) is 5.75 Å². The van der Waals surface area contributed by atoms with Gasteiger partial charge >= 0.3 is 0 Å². The van der Waals surface area contributed by atoms with E-state index in [1.54, 1.807) is 18.3 Å². The summed E-state index contributed by atoms with van der Waals surface area (Å²) in [5.41, 5.74) is 0.0430. The number of aromatic nitrogens is 3. The third-order valence-electron chi connectivity index (χ3n) is 3.20. The Balaban J connectivity index is 1.90. The molecule has 138 valence electrons. The van der Waals surface area contributed by atoms with Crippen LogP contribution in [0.5, 0.6) is 17.4 Å². The third-order valence-corrected chi connectivity index (χ3v) is 5.25. The molecule has 2 heterocycles. The Morgan fingerprint density at radius 1 is 1.26 bits per heavy atom. The molecule has 0 atom stereocenters. The normalized spacial score (nSPS) is 10.8. The van der Waals surface area contributed by atoms with Crippen LogP contribution in [-0.4, -0.2) is 29.4 Å². The summed E-state index contributed by atoms with van der Waals surface area (Å²) in [4.78, 5) is 7.75. The molecule has 0 bridgehead atoms. The maximum Gasteiger partial charge on any atom is 0.263 e.